The van der Waals surface area contributed by atoms with E-state index in [-0.39, 0.29) is 5.60 Å². The lowest BCUT2D eigenvalue weighted by Gasteiger charge is -2.17. The number of rotatable bonds is 6. The summed E-state index contributed by atoms with van der Waals surface area (Å²) in [5.74, 6) is 0. The molecule has 5 nitrogen and oxygen atoms in total. The van der Waals surface area contributed by atoms with Crippen molar-refractivity contribution in [3.63, 3.8) is 0 Å². The summed E-state index contributed by atoms with van der Waals surface area (Å²) in [4.78, 5) is 20.8. The number of carbonyl (C=O) groups is 1. The molecule has 90 valence electrons. The normalized spacial score (nSPS) is 11.2. The lowest BCUT2D eigenvalue weighted by Crippen LogP contribution is -2.26. The van der Waals surface area contributed by atoms with Gasteiger partial charge in [-0.15, -0.1) is 0 Å². The van der Waals surface area contributed by atoms with Crippen LogP contribution in [0.5, 0.6) is 0 Å². The monoisotopic (exact) mass is 219 g/mol. The molecule has 0 aromatic rings. The Morgan fingerprint density at radius 3 is 2.53 bits per heavy atom. The Labute approximate surface area is 91.0 Å². The van der Waals surface area contributed by atoms with Gasteiger partial charge in [-0.25, -0.2) is 14.6 Å². The molecule has 0 unspecified atom stereocenters. The molecule has 0 aromatic heterocycles. The molecule has 0 radical (unpaired) electrons. The number of ether oxygens (including phenoxy) is 1. The topological polar surface area (TPSA) is 56.8 Å². The molecule has 0 fully saturated rings. The highest BCUT2D eigenvalue weighted by Gasteiger charge is 2.10. The number of hydrogen-bond donors (Lipinski definition) is 1. The SMILES string of the molecule is CCOC(=O)NCCCOOC(C)(C)C. The summed E-state index contributed by atoms with van der Waals surface area (Å²) in [6.45, 7) is 8.84. The second kappa shape index (κ2) is 7.48. The molecule has 0 aliphatic rings. The first-order valence-corrected chi connectivity index (χ1v) is 5.17. The van der Waals surface area contributed by atoms with Crippen molar-refractivity contribution in [2.45, 2.75) is 39.7 Å². The van der Waals surface area contributed by atoms with Crippen molar-refractivity contribution in [3.8, 4) is 0 Å². The maximum atomic E-state index is 10.8. The molecule has 0 aromatic carbocycles. The predicted molar refractivity (Wildman–Crippen MR) is 56.4 cm³/mol. The minimum atomic E-state index is -0.394. The van der Waals surface area contributed by atoms with E-state index < -0.39 is 6.09 Å². The summed E-state index contributed by atoms with van der Waals surface area (Å²) in [6, 6.07) is 0. The highest BCUT2D eigenvalue weighted by Crippen LogP contribution is 2.06. The molecule has 1 N–H and O–H groups in total. The van der Waals surface area contributed by atoms with E-state index in [9.17, 15) is 4.79 Å². The molecule has 0 rings (SSSR count). The van der Waals surface area contributed by atoms with Crippen LogP contribution < -0.4 is 5.32 Å². The largest absolute Gasteiger partial charge is 0.450 e. The highest BCUT2D eigenvalue weighted by molar-refractivity contribution is 5.66. The number of hydrogen-bond acceptors (Lipinski definition) is 4. The van der Waals surface area contributed by atoms with Gasteiger partial charge >= 0.3 is 6.09 Å². The summed E-state index contributed by atoms with van der Waals surface area (Å²) in [5, 5.41) is 2.58. The third kappa shape index (κ3) is 11.1. The summed E-state index contributed by atoms with van der Waals surface area (Å²) >= 11 is 0. The van der Waals surface area contributed by atoms with Gasteiger partial charge in [0.05, 0.1) is 18.8 Å². The predicted octanol–water partition coefficient (Wildman–Crippen LogP) is 1.87. The molecule has 0 heterocycles. The van der Waals surface area contributed by atoms with Crippen LogP contribution >= 0.6 is 0 Å². The van der Waals surface area contributed by atoms with Crippen LogP contribution in [0.2, 0.25) is 0 Å². The van der Waals surface area contributed by atoms with Gasteiger partial charge in [-0.3, -0.25) is 0 Å². The average Bonchev–Trinajstić information content (AvgIpc) is 2.09. The molecule has 0 aliphatic carbocycles. The van der Waals surface area contributed by atoms with E-state index in [1.165, 1.54) is 0 Å². The molecule has 0 aliphatic heterocycles. The van der Waals surface area contributed by atoms with Gasteiger partial charge in [0.1, 0.15) is 0 Å². The standard InChI is InChI=1S/C10H21NO4/c1-5-13-9(12)11-7-6-8-14-15-10(2,3)4/h5-8H2,1-4H3,(H,11,12). The summed E-state index contributed by atoms with van der Waals surface area (Å²) < 4.78 is 4.68. The Morgan fingerprint density at radius 2 is 2.00 bits per heavy atom. The van der Waals surface area contributed by atoms with Gasteiger partial charge in [-0.2, -0.15) is 0 Å². The molecule has 15 heavy (non-hydrogen) atoms. The van der Waals surface area contributed by atoms with Gasteiger partial charge in [0.2, 0.25) is 0 Å². The van der Waals surface area contributed by atoms with Gasteiger partial charge in [0.25, 0.3) is 0 Å². The average molecular weight is 219 g/mol. The van der Waals surface area contributed by atoms with E-state index >= 15 is 0 Å². The molecular formula is C10H21NO4. The van der Waals surface area contributed by atoms with Gasteiger partial charge in [0, 0.05) is 6.54 Å². The fraction of sp³-hybridized carbons (Fsp3) is 0.900. The molecule has 0 atom stereocenters. The first kappa shape index (κ1) is 14.2. The zero-order chi connectivity index (χ0) is 11.7. The van der Waals surface area contributed by atoms with Crippen LogP contribution in [0.1, 0.15) is 34.1 Å². The number of carbonyl (C=O) groups excluding carboxylic acids is 1. The minimum Gasteiger partial charge on any atom is -0.450 e. The molecule has 1 amide bonds. The van der Waals surface area contributed by atoms with Gasteiger partial charge in [0.15, 0.2) is 0 Å². The number of nitrogens with one attached hydrogen (secondary N) is 1. The summed E-state index contributed by atoms with van der Waals surface area (Å²) in [6.07, 6.45) is 0.295. The van der Waals surface area contributed by atoms with Crippen molar-refractivity contribution in [2.75, 3.05) is 19.8 Å². The maximum Gasteiger partial charge on any atom is 0.407 e. The third-order valence-electron chi connectivity index (χ3n) is 1.26. The van der Waals surface area contributed by atoms with E-state index in [2.05, 4.69) is 10.1 Å². The third-order valence-corrected chi connectivity index (χ3v) is 1.26. The van der Waals surface area contributed by atoms with E-state index in [1.807, 2.05) is 20.8 Å². The lowest BCUT2D eigenvalue weighted by atomic mass is 10.2. The minimum absolute atomic E-state index is 0.297. The molecular weight excluding hydrogens is 198 g/mol. The highest BCUT2D eigenvalue weighted by atomic mass is 17.2. The fourth-order valence-electron chi connectivity index (χ4n) is 0.722. The Bertz CT molecular complexity index is 177. The van der Waals surface area contributed by atoms with E-state index in [1.54, 1.807) is 6.92 Å². The van der Waals surface area contributed by atoms with Crippen molar-refractivity contribution in [2.24, 2.45) is 0 Å². The van der Waals surface area contributed by atoms with Crippen LogP contribution in [0.4, 0.5) is 4.79 Å². The van der Waals surface area contributed by atoms with Crippen LogP contribution in [0, 0.1) is 0 Å². The number of alkyl carbamates (subject to hydrolysis) is 1. The van der Waals surface area contributed by atoms with Crippen LogP contribution in [0.3, 0.4) is 0 Å². The molecule has 0 saturated heterocycles. The second-order valence-corrected chi connectivity index (χ2v) is 4.02. The van der Waals surface area contributed by atoms with Gasteiger partial charge in [-0.1, -0.05) is 0 Å². The van der Waals surface area contributed by atoms with E-state index in [4.69, 9.17) is 9.78 Å². The van der Waals surface area contributed by atoms with Crippen LogP contribution in [-0.4, -0.2) is 31.5 Å². The zero-order valence-corrected chi connectivity index (χ0v) is 9.96. The Morgan fingerprint density at radius 1 is 1.33 bits per heavy atom. The number of amides is 1. The summed E-state index contributed by atoms with van der Waals surface area (Å²) in [5.41, 5.74) is -0.297. The van der Waals surface area contributed by atoms with Crippen LogP contribution in [0.15, 0.2) is 0 Å². The van der Waals surface area contributed by atoms with Crippen LogP contribution in [0.25, 0.3) is 0 Å². The quantitative estimate of drug-likeness (QED) is 0.421. The zero-order valence-electron chi connectivity index (χ0n) is 9.96. The molecule has 0 saturated carbocycles. The van der Waals surface area contributed by atoms with Crippen LogP contribution in [-0.2, 0) is 14.5 Å². The van der Waals surface area contributed by atoms with E-state index in [0.717, 1.165) is 0 Å². The van der Waals surface area contributed by atoms with Crippen molar-refractivity contribution < 1.29 is 19.3 Å². The van der Waals surface area contributed by atoms with Crippen molar-refractivity contribution >= 4 is 6.09 Å². The Kier molecular flexibility index (Phi) is 7.07. The Balaban J connectivity index is 3.22. The van der Waals surface area contributed by atoms with Gasteiger partial charge in [-0.05, 0) is 34.1 Å². The smallest absolute Gasteiger partial charge is 0.407 e. The Hall–Kier alpha value is -0.810. The first-order valence-electron chi connectivity index (χ1n) is 5.17. The van der Waals surface area contributed by atoms with Crippen molar-refractivity contribution in [1.29, 1.82) is 0 Å². The molecule has 0 bridgehead atoms. The van der Waals surface area contributed by atoms with Crippen molar-refractivity contribution in [3.05, 3.63) is 0 Å². The van der Waals surface area contributed by atoms with E-state index in [0.29, 0.717) is 26.2 Å². The first-order chi connectivity index (χ1) is 6.95. The lowest BCUT2D eigenvalue weighted by molar-refractivity contribution is -0.348. The molecule has 0 spiro atoms. The second-order valence-electron chi connectivity index (χ2n) is 4.02. The molecule has 5 heteroatoms. The summed E-state index contributed by atoms with van der Waals surface area (Å²) in [7, 11) is 0. The maximum absolute atomic E-state index is 10.8. The van der Waals surface area contributed by atoms with Gasteiger partial charge < -0.3 is 10.1 Å². The van der Waals surface area contributed by atoms with Crippen molar-refractivity contribution in [1.82, 2.24) is 5.32 Å². The fourth-order valence-corrected chi connectivity index (χ4v) is 0.722.